The van der Waals surface area contributed by atoms with E-state index >= 15 is 0 Å². The highest BCUT2D eigenvalue weighted by Crippen LogP contribution is 2.40. The van der Waals surface area contributed by atoms with Crippen LogP contribution in [0.1, 0.15) is 38.2 Å². The molecule has 0 saturated carbocycles. The topological polar surface area (TPSA) is 50.2 Å². The number of pyridine rings is 1. The Kier molecular flexibility index (Phi) is 4.23. The summed E-state index contributed by atoms with van der Waals surface area (Å²) in [4.78, 5) is 15.5. The summed E-state index contributed by atoms with van der Waals surface area (Å²) in [6.07, 6.45) is 12.5. The highest BCUT2D eigenvalue weighted by Gasteiger charge is 2.27. The lowest BCUT2D eigenvalue weighted by atomic mass is 9.74. The first-order valence-electron chi connectivity index (χ1n) is 7.94. The molecule has 0 aliphatic heterocycles. The van der Waals surface area contributed by atoms with Crippen LogP contribution in [0.4, 0.5) is 0 Å². The minimum Gasteiger partial charge on any atom is -0.478 e. The standard InChI is InChI=1S/C19H21NO2/c1-2-17-15(10-13-4-3-9-20-12-13)7-5-14-6-8-16(19(21)22)11-18(14)17/h3-4,6,9,11-12,15H,2,5,7-8,10H2,1H3,(H,21,22). The fraction of sp³-hybridized carbons (Fsp3) is 0.368. The molecule has 1 heterocycles. The van der Waals surface area contributed by atoms with E-state index in [1.807, 2.05) is 18.3 Å². The molecule has 0 amide bonds. The van der Waals surface area contributed by atoms with Crippen molar-refractivity contribution in [2.45, 2.75) is 39.0 Å². The van der Waals surface area contributed by atoms with E-state index in [-0.39, 0.29) is 0 Å². The van der Waals surface area contributed by atoms with Gasteiger partial charge in [0.15, 0.2) is 0 Å². The van der Waals surface area contributed by atoms with Gasteiger partial charge in [0.2, 0.25) is 0 Å². The van der Waals surface area contributed by atoms with Gasteiger partial charge in [-0.25, -0.2) is 4.79 Å². The van der Waals surface area contributed by atoms with Crippen LogP contribution in [0.15, 0.2) is 59.0 Å². The van der Waals surface area contributed by atoms with Crippen LogP contribution in [-0.2, 0) is 11.2 Å². The van der Waals surface area contributed by atoms with Gasteiger partial charge in [0.1, 0.15) is 0 Å². The molecule has 1 N–H and O–H groups in total. The summed E-state index contributed by atoms with van der Waals surface area (Å²) in [7, 11) is 0. The van der Waals surface area contributed by atoms with Crippen LogP contribution in [0.2, 0.25) is 0 Å². The van der Waals surface area contributed by atoms with Crippen molar-refractivity contribution >= 4 is 5.97 Å². The molecule has 0 radical (unpaired) electrons. The van der Waals surface area contributed by atoms with Crippen molar-refractivity contribution in [1.82, 2.24) is 4.98 Å². The average Bonchev–Trinajstić information content (AvgIpc) is 2.55. The number of carbonyl (C=O) groups is 1. The van der Waals surface area contributed by atoms with Gasteiger partial charge in [0, 0.05) is 18.0 Å². The van der Waals surface area contributed by atoms with Crippen molar-refractivity contribution in [3.05, 3.63) is 64.5 Å². The zero-order valence-corrected chi connectivity index (χ0v) is 12.9. The molecule has 0 spiro atoms. The summed E-state index contributed by atoms with van der Waals surface area (Å²) >= 11 is 0. The lowest BCUT2D eigenvalue weighted by Gasteiger charge is -2.31. The van der Waals surface area contributed by atoms with Crippen molar-refractivity contribution in [1.29, 1.82) is 0 Å². The van der Waals surface area contributed by atoms with Crippen LogP contribution in [0, 0.1) is 5.92 Å². The van der Waals surface area contributed by atoms with Crippen LogP contribution >= 0.6 is 0 Å². The second-order valence-electron chi connectivity index (χ2n) is 6.00. The number of hydrogen-bond donors (Lipinski definition) is 1. The van der Waals surface area contributed by atoms with Gasteiger partial charge in [-0.1, -0.05) is 24.6 Å². The predicted molar refractivity (Wildman–Crippen MR) is 86.4 cm³/mol. The van der Waals surface area contributed by atoms with E-state index in [1.54, 1.807) is 6.20 Å². The summed E-state index contributed by atoms with van der Waals surface area (Å²) in [5.74, 6) is -0.307. The summed E-state index contributed by atoms with van der Waals surface area (Å²) in [5.41, 5.74) is 5.69. The zero-order chi connectivity index (χ0) is 15.5. The molecule has 1 atom stereocenters. The lowest BCUT2D eigenvalue weighted by Crippen LogP contribution is -2.18. The number of carboxylic acids is 1. The van der Waals surface area contributed by atoms with E-state index in [0.29, 0.717) is 17.9 Å². The van der Waals surface area contributed by atoms with E-state index in [2.05, 4.69) is 24.1 Å². The number of aliphatic carboxylic acids is 1. The Labute approximate surface area is 131 Å². The molecule has 3 nitrogen and oxygen atoms in total. The van der Waals surface area contributed by atoms with Gasteiger partial charge >= 0.3 is 5.97 Å². The van der Waals surface area contributed by atoms with Crippen molar-refractivity contribution in [3.63, 3.8) is 0 Å². The second kappa shape index (κ2) is 6.30. The fourth-order valence-corrected chi connectivity index (χ4v) is 3.59. The molecule has 0 bridgehead atoms. The van der Waals surface area contributed by atoms with Gasteiger partial charge in [0.25, 0.3) is 0 Å². The molecule has 0 fully saturated rings. The highest BCUT2D eigenvalue weighted by molar-refractivity contribution is 5.88. The molecule has 3 rings (SSSR count). The molecule has 0 aromatic carbocycles. The van der Waals surface area contributed by atoms with Crippen LogP contribution in [0.5, 0.6) is 0 Å². The quantitative estimate of drug-likeness (QED) is 0.910. The molecule has 1 aromatic heterocycles. The number of nitrogens with zero attached hydrogens (tertiary/aromatic N) is 1. The predicted octanol–water partition coefficient (Wildman–Crippen LogP) is 4.08. The van der Waals surface area contributed by atoms with Crippen molar-refractivity contribution < 1.29 is 9.90 Å². The number of aromatic nitrogens is 1. The van der Waals surface area contributed by atoms with Gasteiger partial charge in [-0.15, -0.1) is 0 Å². The zero-order valence-electron chi connectivity index (χ0n) is 12.9. The molecule has 2 aliphatic carbocycles. The monoisotopic (exact) mass is 295 g/mol. The number of carboxylic acid groups (broad SMARTS) is 1. The normalized spacial score (nSPS) is 21.0. The van der Waals surface area contributed by atoms with Gasteiger partial charge in [-0.2, -0.15) is 0 Å². The van der Waals surface area contributed by atoms with E-state index in [9.17, 15) is 9.90 Å². The Morgan fingerprint density at radius 3 is 3.00 bits per heavy atom. The Bertz CT molecular complexity index is 668. The van der Waals surface area contributed by atoms with Crippen molar-refractivity contribution in [2.24, 2.45) is 5.92 Å². The maximum absolute atomic E-state index is 11.3. The maximum atomic E-state index is 11.3. The van der Waals surface area contributed by atoms with Crippen molar-refractivity contribution in [2.75, 3.05) is 0 Å². The van der Waals surface area contributed by atoms with E-state index in [1.165, 1.54) is 22.3 Å². The smallest absolute Gasteiger partial charge is 0.331 e. The SMILES string of the molecule is CCC1=C2C=C(C(=O)O)CC=C2CCC1Cc1cccnc1. The molecule has 3 heteroatoms. The first-order valence-corrected chi connectivity index (χ1v) is 7.94. The summed E-state index contributed by atoms with van der Waals surface area (Å²) in [5, 5.41) is 9.26. The minimum absolute atomic E-state index is 0.491. The molecule has 0 saturated heterocycles. The van der Waals surface area contributed by atoms with Gasteiger partial charge in [-0.3, -0.25) is 4.98 Å². The minimum atomic E-state index is -0.798. The lowest BCUT2D eigenvalue weighted by molar-refractivity contribution is -0.132. The number of rotatable bonds is 4. The molecule has 2 aliphatic rings. The van der Waals surface area contributed by atoms with Gasteiger partial charge in [-0.05, 0) is 66.9 Å². The third-order valence-electron chi connectivity index (χ3n) is 4.69. The van der Waals surface area contributed by atoms with E-state index in [4.69, 9.17) is 0 Å². The molecule has 1 unspecified atom stereocenters. The number of hydrogen-bond acceptors (Lipinski definition) is 2. The van der Waals surface area contributed by atoms with Crippen LogP contribution < -0.4 is 0 Å². The first-order chi connectivity index (χ1) is 10.7. The van der Waals surface area contributed by atoms with Gasteiger partial charge < -0.3 is 5.11 Å². The third-order valence-corrected chi connectivity index (χ3v) is 4.69. The number of fused-ring (bicyclic) bond motifs is 1. The molecular formula is C19H21NO2. The summed E-state index contributed by atoms with van der Waals surface area (Å²) in [6.45, 7) is 2.17. The third kappa shape index (κ3) is 2.89. The molecule has 1 aromatic rings. The Morgan fingerprint density at radius 2 is 2.32 bits per heavy atom. The van der Waals surface area contributed by atoms with Crippen LogP contribution in [-0.4, -0.2) is 16.1 Å². The average molecular weight is 295 g/mol. The largest absolute Gasteiger partial charge is 0.478 e. The van der Waals surface area contributed by atoms with E-state index < -0.39 is 5.97 Å². The summed E-state index contributed by atoms with van der Waals surface area (Å²) in [6, 6.07) is 4.10. The fourth-order valence-electron chi connectivity index (χ4n) is 3.59. The van der Waals surface area contributed by atoms with Crippen LogP contribution in [0.3, 0.4) is 0 Å². The Balaban J connectivity index is 1.94. The summed E-state index contributed by atoms with van der Waals surface area (Å²) < 4.78 is 0. The van der Waals surface area contributed by atoms with E-state index in [0.717, 1.165) is 25.7 Å². The van der Waals surface area contributed by atoms with Crippen LogP contribution in [0.25, 0.3) is 0 Å². The Morgan fingerprint density at radius 1 is 1.45 bits per heavy atom. The Hall–Kier alpha value is -2.16. The first kappa shape index (κ1) is 14.8. The second-order valence-corrected chi connectivity index (χ2v) is 6.00. The molecule has 114 valence electrons. The highest BCUT2D eigenvalue weighted by atomic mass is 16.4. The molecule has 22 heavy (non-hydrogen) atoms. The number of allylic oxidation sites excluding steroid dienone is 5. The van der Waals surface area contributed by atoms with Crippen molar-refractivity contribution in [3.8, 4) is 0 Å². The van der Waals surface area contributed by atoms with Gasteiger partial charge in [0.05, 0.1) is 0 Å². The maximum Gasteiger partial charge on any atom is 0.331 e. The molecular weight excluding hydrogens is 274 g/mol.